The lowest BCUT2D eigenvalue weighted by Crippen LogP contribution is -2.40. The molecule has 184 valence electrons. The summed E-state index contributed by atoms with van der Waals surface area (Å²) in [5, 5.41) is 3.07. The molecule has 0 bridgehead atoms. The summed E-state index contributed by atoms with van der Waals surface area (Å²) in [5.74, 6) is -0.225. The van der Waals surface area contributed by atoms with Crippen LogP contribution >= 0.6 is 0 Å². The van der Waals surface area contributed by atoms with Gasteiger partial charge in [0.1, 0.15) is 16.9 Å². The number of nitrogens with zero attached hydrogens (tertiary/aromatic N) is 2. The van der Waals surface area contributed by atoms with Gasteiger partial charge in [-0.1, -0.05) is 32.1 Å². The van der Waals surface area contributed by atoms with Crippen LogP contribution in [0.4, 0.5) is 0 Å². The maximum Gasteiger partial charge on any atom is 0.259 e. The largest absolute Gasteiger partial charge is 0.467 e. The average Bonchev–Trinajstić information content (AvgIpc) is 3.50. The van der Waals surface area contributed by atoms with Crippen molar-refractivity contribution in [3.8, 4) is 0 Å². The van der Waals surface area contributed by atoms with Gasteiger partial charge in [0.25, 0.3) is 11.8 Å². The fraction of sp³-hybridized carbons (Fsp3) is 0.577. The lowest BCUT2D eigenvalue weighted by atomic mass is 9.96. The zero-order valence-electron chi connectivity index (χ0n) is 20.0. The molecule has 1 saturated heterocycles. The van der Waals surface area contributed by atoms with E-state index in [1.807, 2.05) is 0 Å². The fourth-order valence-electron chi connectivity index (χ4n) is 4.85. The van der Waals surface area contributed by atoms with Crippen molar-refractivity contribution in [2.24, 2.45) is 0 Å². The number of hydrogen-bond acceptors (Lipinski definition) is 5. The average molecular weight is 470 g/mol. The number of aromatic nitrogens is 1. The first-order valence-electron chi connectivity index (χ1n) is 12.5. The number of furan rings is 1. The van der Waals surface area contributed by atoms with E-state index in [9.17, 15) is 14.4 Å². The Balaban J connectivity index is 1.59. The number of amides is 2. The third-order valence-electron chi connectivity index (χ3n) is 6.75. The van der Waals surface area contributed by atoms with Gasteiger partial charge >= 0.3 is 0 Å². The van der Waals surface area contributed by atoms with E-state index in [0.29, 0.717) is 18.9 Å². The Morgan fingerprint density at radius 3 is 2.47 bits per heavy atom. The number of carbonyl (C=O) groups is 2. The molecule has 1 atom stereocenters. The first-order valence-corrected chi connectivity index (χ1v) is 12.5. The van der Waals surface area contributed by atoms with Crippen LogP contribution in [0.2, 0.25) is 0 Å². The minimum atomic E-state index is -0.539. The molecule has 1 aliphatic carbocycles. The summed E-state index contributed by atoms with van der Waals surface area (Å²) in [5.41, 5.74) is -0.544. The van der Waals surface area contributed by atoms with E-state index in [0.717, 1.165) is 38.5 Å². The second-order valence-electron chi connectivity index (χ2n) is 9.50. The van der Waals surface area contributed by atoms with Crippen molar-refractivity contribution in [3.05, 3.63) is 57.9 Å². The summed E-state index contributed by atoms with van der Waals surface area (Å²) >= 11 is 0. The predicted molar refractivity (Wildman–Crippen MR) is 128 cm³/mol. The lowest BCUT2D eigenvalue weighted by Gasteiger charge is -2.22. The zero-order valence-corrected chi connectivity index (χ0v) is 20.0. The van der Waals surface area contributed by atoms with E-state index >= 15 is 0 Å². The van der Waals surface area contributed by atoms with Crippen LogP contribution in [-0.4, -0.2) is 47.1 Å². The van der Waals surface area contributed by atoms with Gasteiger partial charge in [-0.15, -0.1) is 0 Å². The Labute approximate surface area is 200 Å². The van der Waals surface area contributed by atoms with Gasteiger partial charge in [0.2, 0.25) is 5.43 Å². The van der Waals surface area contributed by atoms with E-state index < -0.39 is 17.2 Å². The molecule has 34 heavy (non-hydrogen) atoms. The summed E-state index contributed by atoms with van der Waals surface area (Å²) in [4.78, 5) is 41.2. The molecule has 8 heteroatoms. The normalized spacial score (nSPS) is 19.4. The van der Waals surface area contributed by atoms with Crippen molar-refractivity contribution >= 4 is 11.8 Å². The van der Waals surface area contributed by atoms with Gasteiger partial charge in [0.05, 0.1) is 18.9 Å². The monoisotopic (exact) mass is 469 g/mol. The van der Waals surface area contributed by atoms with Gasteiger partial charge in [-0.2, -0.15) is 0 Å². The molecular formula is C26H35N3O5. The third-order valence-corrected chi connectivity index (χ3v) is 6.75. The topological polar surface area (TPSA) is 93.8 Å². The maximum absolute atomic E-state index is 13.3. The highest BCUT2D eigenvalue weighted by Crippen LogP contribution is 2.18. The maximum atomic E-state index is 13.3. The number of carbonyl (C=O) groups excluding carboxylic acids is 2. The van der Waals surface area contributed by atoms with E-state index in [4.69, 9.17) is 9.15 Å². The van der Waals surface area contributed by atoms with Crippen molar-refractivity contribution in [1.29, 1.82) is 0 Å². The minimum absolute atomic E-state index is 0.00724. The molecule has 1 N–H and O–H groups in total. The molecule has 2 amide bonds. The van der Waals surface area contributed by atoms with Crippen LogP contribution < -0.4 is 10.7 Å². The molecule has 1 saturated carbocycles. The number of pyridine rings is 1. The second-order valence-corrected chi connectivity index (χ2v) is 9.50. The Kier molecular flexibility index (Phi) is 8.21. The minimum Gasteiger partial charge on any atom is -0.467 e. The highest BCUT2D eigenvalue weighted by molar-refractivity contribution is 5.99. The summed E-state index contributed by atoms with van der Waals surface area (Å²) < 4.78 is 12.8. The second kappa shape index (κ2) is 11.5. The highest BCUT2D eigenvalue weighted by Gasteiger charge is 2.25. The number of nitrogens with one attached hydrogen (secondary N) is 1. The molecule has 8 nitrogen and oxygen atoms in total. The molecule has 2 aromatic rings. The predicted octanol–water partition coefficient (Wildman–Crippen LogP) is 3.74. The summed E-state index contributed by atoms with van der Waals surface area (Å²) in [6.07, 6.45) is 14.1. The van der Waals surface area contributed by atoms with Gasteiger partial charge in [0, 0.05) is 38.6 Å². The highest BCUT2D eigenvalue weighted by atomic mass is 16.5. The quantitative estimate of drug-likeness (QED) is 0.667. The molecule has 2 aromatic heterocycles. The van der Waals surface area contributed by atoms with Gasteiger partial charge in [-0.05, 0) is 37.8 Å². The SMILES string of the molecule is CN(Cc1ccco1)C(=O)c1cn(CC2CCCO2)cc(C(=O)NC2CCCCCCC2)c1=O. The van der Waals surface area contributed by atoms with E-state index in [1.54, 1.807) is 42.4 Å². The first-order chi connectivity index (χ1) is 16.5. The summed E-state index contributed by atoms with van der Waals surface area (Å²) in [6, 6.07) is 3.58. The van der Waals surface area contributed by atoms with Crippen LogP contribution in [0, 0.1) is 0 Å². The van der Waals surface area contributed by atoms with Gasteiger partial charge in [-0.3, -0.25) is 14.4 Å². The molecule has 0 spiro atoms. The lowest BCUT2D eigenvalue weighted by molar-refractivity contribution is 0.0770. The molecule has 0 aromatic carbocycles. The molecule has 4 rings (SSSR count). The molecule has 1 aliphatic heterocycles. The van der Waals surface area contributed by atoms with Crippen molar-refractivity contribution in [2.75, 3.05) is 13.7 Å². The van der Waals surface area contributed by atoms with Gasteiger partial charge < -0.3 is 23.9 Å². The fourth-order valence-corrected chi connectivity index (χ4v) is 4.85. The first kappa shape index (κ1) is 24.3. The van der Waals surface area contributed by atoms with Crippen LogP contribution in [0.25, 0.3) is 0 Å². The third kappa shape index (κ3) is 6.17. The number of hydrogen-bond donors (Lipinski definition) is 1. The van der Waals surface area contributed by atoms with E-state index in [2.05, 4.69) is 5.32 Å². The van der Waals surface area contributed by atoms with Crippen LogP contribution in [0.1, 0.15) is 84.3 Å². The summed E-state index contributed by atoms with van der Waals surface area (Å²) in [7, 11) is 1.62. The van der Waals surface area contributed by atoms with E-state index in [1.165, 1.54) is 24.2 Å². The summed E-state index contributed by atoms with van der Waals surface area (Å²) in [6.45, 7) is 1.43. The Hall–Kier alpha value is -2.87. The van der Waals surface area contributed by atoms with Gasteiger partial charge in [-0.25, -0.2) is 0 Å². The molecule has 0 radical (unpaired) electrons. The smallest absolute Gasteiger partial charge is 0.259 e. The van der Waals surface area contributed by atoms with E-state index in [-0.39, 0.29) is 29.8 Å². The molecule has 2 aliphatic rings. The number of ether oxygens (including phenoxy) is 1. The molecule has 3 heterocycles. The molecular weight excluding hydrogens is 434 g/mol. The van der Waals surface area contributed by atoms with Crippen molar-refractivity contribution < 1.29 is 18.7 Å². The Morgan fingerprint density at radius 2 is 1.79 bits per heavy atom. The van der Waals surface area contributed by atoms with Crippen LogP contribution in [-0.2, 0) is 17.8 Å². The number of rotatable bonds is 7. The Morgan fingerprint density at radius 1 is 1.06 bits per heavy atom. The van der Waals surface area contributed by atoms with Crippen LogP contribution in [0.5, 0.6) is 0 Å². The van der Waals surface area contributed by atoms with Crippen LogP contribution in [0.15, 0.2) is 40.0 Å². The molecule has 2 fully saturated rings. The van der Waals surface area contributed by atoms with Crippen LogP contribution in [0.3, 0.4) is 0 Å². The molecule has 1 unspecified atom stereocenters. The van der Waals surface area contributed by atoms with Gasteiger partial charge in [0.15, 0.2) is 0 Å². The zero-order chi connectivity index (χ0) is 23.9. The Bertz CT molecular complexity index is 1020. The standard InChI is InChI=1S/C26H35N3O5/c1-28(15-20-11-7-13-33-20)26(32)23-18-29(16-21-12-8-14-34-21)17-22(24(23)30)25(31)27-19-9-5-3-2-4-6-10-19/h7,11,13,17-19,21H,2-6,8-10,12,14-16H2,1H3,(H,27,31). The van der Waals surface area contributed by atoms with Crippen molar-refractivity contribution in [1.82, 2.24) is 14.8 Å². The van der Waals surface area contributed by atoms with Crippen molar-refractivity contribution in [2.45, 2.75) is 83.0 Å². The van der Waals surface area contributed by atoms with Crippen molar-refractivity contribution in [3.63, 3.8) is 0 Å².